The largest absolute Gasteiger partial charge is 0.481 e. The number of nitrogens with one attached hydrogen (secondary N) is 2. The van der Waals surface area contributed by atoms with Crippen LogP contribution in [0.2, 0.25) is 0 Å². The Morgan fingerprint density at radius 2 is 1.53 bits per heavy atom. The Balaban J connectivity index is 6.31. The number of thiocarbonyl (C=S) groups is 1. The van der Waals surface area contributed by atoms with Crippen LogP contribution in [0.1, 0.15) is 47.5 Å². The summed E-state index contributed by atoms with van der Waals surface area (Å²) < 4.78 is 1.41. The van der Waals surface area contributed by atoms with Crippen molar-refractivity contribution in [3.63, 3.8) is 0 Å². The molecule has 0 spiro atoms. The van der Waals surface area contributed by atoms with Crippen LogP contribution in [-0.4, -0.2) is 81.4 Å². The molecule has 0 heterocycles. The summed E-state index contributed by atoms with van der Waals surface area (Å²) in [4.78, 5) is 63.6. The van der Waals surface area contributed by atoms with Crippen molar-refractivity contribution in [1.82, 2.24) is 15.5 Å². The molecule has 0 fully saturated rings. The lowest BCUT2D eigenvalue weighted by atomic mass is 9.72. The molecule has 0 saturated carbocycles. The SMILES string of the molecule is CC(C)NC(=O)C(CC(CC(CSC=S)C(=O)N(C)C)C(=O)NC(C)C(=O)O)C(C)(C)C(=O)O. The van der Waals surface area contributed by atoms with Gasteiger partial charge in [0.05, 0.1) is 11.3 Å². The first kappa shape index (κ1) is 31.8. The van der Waals surface area contributed by atoms with Crippen LogP contribution in [0, 0.1) is 23.2 Å². The number of carboxylic acid groups (broad SMARTS) is 2. The first-order valence-electron chi connectivity index (χ1n) is 10.9. The van der Waals surface area contributed by atoms with Crippen molar-refractivity contribution in [2.24, 2.45) is 23.2 Å². The van der Waals surface area contributed by atoms with Crippen molar-refractivity contribution in [1.29, 1.82) is 0 Å². The Bertz CT molecular complexity index is 772. The summed E-state index contributed by atoms with van der Waals surface area (Å²) in [6, 6.07) is -1.47. The monoisotopic (exact) mass is 519 g/mol. The van der Waals surface area contributed by atoms with Crippen LogP contribution in [0.15, 0.2) is 0 Å². The van der Waals surface area contributed by atoms with Crippen molar-refractivity contribution >= 4 is 58.3 Å². The van der Waals surface area contributed by atoms with Gasteiger partial charge in [0, 0.05) is 42.4 Å². The minimum Gasteiger partial charge on any atom is -0.481 e. The standard InChI is InChI=1S/C22H37N3O7S2/c1-12(2)23-18(27)16(22(4,5)21(31)32)9-14(17(26)24-13(3)20(29)30)8-15(10-34-11-33)19(28)25(6)7/h11-16H,8-10H2,1-7H3,(H,23,27)(H,24,26)(H,29,30)(H,31,32). The maximum Gasteiger partial charge on any atom is 0.325 e. The van der Waals surface area contributed by atoms with Gasteiger partial charge in [0.25, 0.3) is 0 Å². The highest BCUT2D eigenvalue weighted by molar-refractivity contribution is 8.20. The smallest absolute Gasteiger partial charge is 0.325 e. The lowest BCUT2D eigenvalue weighted by molar-refractivity contribution is -0.155. The number of carbonyl (C=O) groups excluding carboxylic acids is 3. The van der Waals surface area contributed by atoms with Crippen LogP contribution < -0.4 is 10.6 Å². The molecule has 10 nitrogen and oxygen atoms in total. The van der Waals surface area contributed by atoms with Gasteiger partial charge in [-0.3, -0.25) is 24.0 Å². The highest BCUT2D eigenvalue weighted by Crippen LogP contribution is 2.35. The van der Waals surface area contributed by atoms with Gasteiger partial charge in [0.15, 0.2) is 0 Å². The fraction of sp³-hybridized carbons (Fsp3) is 0.727. The lowest BCUT2D eigenvalue weighted by Gasteiger charge is -2.33. The van der Waals surface area contributed by atoms with E-state index in [-0.39, 0.29) is 30.5 Å². The zero-order chi connectivity index (χ0) is 26.8. The zero-order valence-electron chi connectivity index (χ0n) is 20.8. The summed E-state index contributed by atoms with van der Waals surface area (Å²) in [7, 11) is 3.15. The second-order valence-electron chi connectivity index (χ2n) is 9.34. The number of thioether (sulfide) groups is 1. The van der Waals surface area contributed by atoms with E-state index in [9.17, 15) is 34.2 Å². The lowest BCUT2D eigenvalue weighted by Crippen LogP contribution is -2.49. The van der Waals surface area contributed by atoms with E-state index in [0.717, 1.165) is 0 Å². The number of hydrogen-bond acceptors (Lipinski definition) is 7. The van der Waals surface area contributed by atoms with Gasteiger partial charge < -0.3 is 25.7 Å². The van der Waals surface area contributed by atoms with Crippen LogP contribution in [0.25, 0.3) is 0 Å². The molecule has 0 aromatic heterocycles. The van der Waals surface area contributed by atoms with Crippen molar-refractivity contribution in [3.05, 3.63) is 0 Å². The Morgan fingerprint density at radius 3 is 1.94 bits per heavy atom. The number of amides is 3. The molecule has 34 heavy (non-hydrogen) atoms. The van der Waals surface area contributed by atoms with Gasteiger partial charge in [-0.05, 0) is 47.5 Å². The minimum absolute atomic E-state index is 0.00742. The van der Waals surface area contributed by atoms with E-state index in [2.05, 4.69) is 10.6 Å². The molecule has 4 N–H and O–H groups in total. The maximum absolute atomic E-state index is 13.1. The summed E-state index contributed by atoms with van der Waals surface area (Å²) in [5.74, 6) is -6.40. The molecule has 0 aromatic carbocycles. The molecule has 0 aliphatic heterocycles. The molecule has 0 rings (SSSR count). The van der Waals surface area contributed by atoms with Crippen molar-refractivity contribution in [2.75, 3.05) is 19.8 Å². The molecule has 0 saturated heterocycles. The van der Waals surface area contributed by atoms with Crippen LogP contribution in [0.3, 0.4) is 0 Å². The van der Waals surface area contributed by atoms with E-state index >= 15 is 0 Å². The van der Waals surface area contributed by atoms with Gasteiger partial charge in [-0.25, -0.2) is 0 Å². The Labute approximate surface area is 210 Å². The average molecular weight is 520 g/mol. The van der Waals surface area contributed by atoms with Crippen molar-refractivity contribution in [2.45, 2.75) is 59.5 Å². The quantitative estimate of drug-likeness (QED) is 0.236. The third-order valence-corrected chi connectivity index (χ3v) is 6.65. The second kappa shape index (κ2) is 14.2. The molecule has 4 atom stereocenters. The summed E-state index contributed by atoms with van der Waals surface area (Å²) in [6.45, 7) is 7.57. The van der Waals surface area contributed by atoms with Gasteiger partial charge >= 0.3 is 11.9 Å². The number of carbonyl (C=O) groups is 5. The number of nitrogens with zero attached hydrogens (tertiary/aromatic N) is 1. The molecule has 0 aliphatic carbocycles. The van der Waals surface area contributed by atoms with E-state index < -0.39 is 53.0 Å². The van der Waals surface area contributed by atoms with E-state index in [0.29, 0.717) is 0 Å². The number of aliphatic carboxylic acids is 2. The zero-order valence-corrected chi connectivity index (χ0v) is 22.4. The average Bonchev–Trinajstić information content (AvgIpc) is 2.71. The molecule has 0 bridgehead atoms. The summed E-state index contributed by atoms with van der Waals surface area (Å²) >= 11 is 6.07. The van der Waals surface area contributed by atoms with E-state index in [4.69, 9.17) is 12.2 Å². The molecule has 0 radical (unpaired) electrons. The predicted molar refractivity (Wildman–Crippen MR) is 134 cm³/mol. The van der Waals surface area contributed by atoms with Crippen LogP contribution in [0.4, 0.5) is 0 Å². The Kier molecular flexibility index (Phi) is 13.3. The van der Waals surface area contributed by atoms with E-state index in [1.54, 1.807) is 27.9 Å². The van der Waals surface area contributed by atoms with Gasteiger partial charge in [-0.1, -0.05) is 12.2 Å². The molecule has 12 heteroatoms. The maximum atomic E-state index is 13.1. The molecular weight excluding hydrogens is 482 g/mol. The molecule has 194 valence electrons. The Hall–Kier alpha value is -2.21. The van der Waals surface area contributed by atoms with E-state index in [1.165, 1.54) is 42.1 Å². The highest BCUT2D eigenvalue weighted by atomic mass is 32.2. The first-order chi connectivity index (χ1) is 15.6. The normalized spacial score (nSPS) is 14.9. The summed E-state index contributed by atoms with van der Waals surface area (Å²) in [5, 5.41) is 24.1. The number of rotatable bonds is 15. The van der Waals surface area contributed by atoms with Crippen LogP contribution in [-0.2, 0) is 24.0 Å². The van der Waals surface area contributed by atoms with Gasteiger partial charge in [-0.15, -0.1) is 11.8 Å². The molecule has 3 amide bonds. The fourth-order valence-corrected chi connectivity index (χ4v) is 4.18. The van der Waals surface area contributed by atoms with E-state index in [1.807, 2.05) is 0 Å². The van der Waals surface area contributed by atoms with Crippen LogP contribution >= 0.6 is 24.0 Å². The highest BCUT2D eigenvalue weighted by Gasteiger charge is 2.44. The van der Waals surface area contributed by atoms with Gasteiger partial charge in [0.2, 0.25) is 17.7 Å². The molecule has 4 unspecified atom stereocenters. The minimum atomic E-state index is -1.53. The third kappa shape index (κ3) is 9.96. The second-order valence-corrected chi connectivity index (χ2v) is 10.8. The predicted octanol–water partition coefficient (Wildman–Crippen LogP) is 1.62. The summed E-state index contributed by atoms with van der Waals surface area (Å²) in [6.07, 6.45) is -0.192. The third-order valence-electron chi connectivity index (χ3n) is 5.51. The van der Waals surface area contributed by atoms with Gasteiger partial charge in [0.1, 0.15) is 6.04 Å². The molecule has 0 aromatic rings. The molecule has 0 aliphatic rings. The Morgan fingerprint density at radius 1 is 0.971 bits per heavy atom. The van der Waals surface area contributed by atoms with Crippen molar-refractivity contribution in [3.8, 4) is 0 Å². The van der Waals surface area contributed by atoms with Gasteiger partial charge in [-0.2, -0.15) is 0 Å². The fourth-order valence-electron chi connectivity index (χ4n) is 3.36. The number of hydrogen-bond donors (Lipinski definition) is 4. The molecular formula is C22H37N3O7S2. The summed E-state index contributed by atoms with van der Waals surface area (Å²) in [5.41, 5.74) is -1.53. The first-order valence-corrected chi connectivity index (χ1v) is 12.4. The topological polar surface area (TPSA) is 153 Å². The number of carboxylic acids is 2. The van der Waals surface area contributed by atoms with Crippen molar-refractivity contribution < 1.29 is 34.2 Å². The van der Waals surface area contributed by atoms with Crippen LogP contribution in [0.5, 0.6) is 0 Å².